The van der Waals surface area contributed by atoms with Crippen molar-refractivity contribution < 1.29 is 9.59 Å². The molecule has 0 unspecified atom stereocenters. The second-order valence-corrected chi connectivity index (χ2v) is 6.93. The van der Waals surface area contributed by atoms with E-state index in [9.17, 15) is 9.59 Å². The number of amides is 2. The highest BCUT2D eigenvalue weighted by Gasteiger charge is 2.37. The molecule has 5 nitrogen and oxygen atoms in total. The molecule has 2 aromatic carbocycles. The van der Waals surface area contributed by atoms with E-state index in [2.05, 4.69) is 10.3 Å². The fourth-order valence-electron chi connectivity index (χ4n) is 2.83. The van der Waals surface area contributed by atoms with Crippen LogP contribution in [0.25, 0.3) is 10.8 Å². The van der Waals surface area contributed by atoms with Gasteiger partial charge in [-0.05, 0) is 36.8 Å². The Labute approximate surface area is 151 Å². The molecule has 0 aromatic heterocycles. The number of amidine groups is 1. The van der Waals surface area contributed by atoms with Gasteiger partial charge in [0.15, 0.2) is 5.17 Å². The maximum absolute atomic E-state index is 12.4. The maximum Gasteiger partial charge on any atom is 0.242 e. The molecule has 25 heavy (non-hydrogen) atoms. The SMILES string of the molecule is CCN=C1S[C@@H](CC(=O)Nc2ccc3ccccc3c2)C(=O)N1CC. The third kappa shape index (κ3) is 3.85. The number of anilines is 1. The van der Waals surface area contributed by atoms with E-state index in [-0.39, 0.29) is 18.2 Å². The molecule has 1 aliphatic rings. The molecule has 0 spiro atoms. The fraction of sp³-hybridized carbons (Fsp3) is 0.316. The van der Waals surface area contributed by atoms with Crippen molar-refractivity contribution in [1.29, 1.82) is 0 Å². The van der Waals surface area contributed by atoms with Crippen molar-refractivity contribution in [2.24, 2.45) is 4.99 Å². The molecule has 130 valence electrons. The molecule has 1 atom stereocenters. The molecule has 1 fully saturated rings. The van der Waals surface area contributed by atoms with Crippen molar-refractivity contribution >= 4 is 45.2 Å². The summed E-state index contributed by atoms with van der Waals surface area (Å²) in [4.78, 5) is 30.8. The Bertz CT molecular complexity index is 834. The zero-order valence-corrected chi connectivity index (χ0v) is 15.2. The van der Waals surface area contributed by atoms with E-state index >= 15 is 0 Å². The predicted molar refractivity (Wildman–Crippen MR) is 104 cm³/mol. The normalized spacial score (nSPS) is 19.0. The number of carbonyl (C=O) groups is 2. The largest absolute Gasteiger partial charge is 0.326 e. The molecule has 1 N–H and O–H groups in total. The van der Waals surface area contributed by atoms with Gasteiger partial charge < -0.3 is 5.32 Å². The van der Waals surface area contributed by atoms with Gasteiger partial charge in [-0.3, -0.25) is 19.5 Å². The Morgan fingerprint density at radius 3 is 2.68 bits per heavy atom. The van der Waals surface area contributed by atoms with Crippen molar-refractivity contribution in [1.82, 2.24) is 4.90 Å². The van der Waals surface area contributed by atoms with Crippen molar-refractivity contribution in [2.75, 3.05) is 18.4 Å². The molecule has 0 bridgehead atoms. The van der Waals surface area contributed by atoms with Gasteiger partial charge in [0, 0.05) is 25.2 Å². The smallest absolute Gasteiger partial charge is 0.242 e. The second-order valence-electron chi connectivity index (χ2n) is 5.76. The van der Waals surface area contributed by atoms with Gasteiger partial charge in [-0.25, -0.2) is 0 Å². The predicted octanol–water partition coefficient (Wildman–Crippen LogP) is 3.51. The summed E-state index contributed by atoms with van der Waals surface area (Å²) >= 11 is 1.38. The van der Waals surface area contributed by atoms with Gasteiger partial charge in [0.05, 0.1) is 0 Å². The van der Waals surface area contributed by atoms with Crippen LogP contribution in [0.3, 0.4) is 0 Å². The molecular formula is C19H21N3O2S. The second kappa shape index (κ2) is 7.70. The van der Waals surface area contributed by atoms with E-state index in [1.807, 2.05) is 56.3 Å². The molecule has 2 aromatic rings. The third-order valence-corrected chi connectivity index (χ3v) is 5.25. The van der Waals surface area contributed by atoms with Crippen LogP contribution in [0.2, 0.25) is 0 Å². The molecule has 1 saturated heterocycles. The standard InChI is InChI=1S/C19H21N3O2S/c1-3-20-19-22(4-2)18(24)16(25-19)12-17(23)21-15-10-9-13-7-5-6-8-14(13)11-15/h5-11,16H,3-4,12H2,1-2H3,(H,21,23)/t16-/m0/s1. The van der Waals surface area contributed by atoms with Gasteiger partial charge >= 0.3 is 0 Å². The number of nitrogens with zero attached hydrogens (tertiary/aromatic N) is 2. The minimum absolute atomic E-state index is 0.0339. The summed E-state index contributed by atoms with van der Waals surface area (Å²) in [6.45, 7) is 5.06. The first-order chi connectivity index (χ1) is 12.1. The maximum atomic E-state index is 12.4. The number of aliphatic imine (C=N–C) groups is 1. The lowest BCUT2D eigenvalue weighted by molar-refractivity contribution is -0.128. The number of hydrogen-bond donors (Lipinski definition) is 1. The van der Waals surface area contributed by atoms with Gasteiger partial charge in [-0.2, -0.15) is 0 Å². The van der Waals surface area contributed by atoms with Crippen molar-refractivity contribution in [3.63, 3.8) is 0 Å². The molecule has 1 aliphatic heterocycles. The molecule has 0 saturated carbocycles. The summed E-state index contributed by atoms with van der Waals surface area (Å²) in [5.41, 5.74) is 0.744. The zero-order chi connectivity index (χ0) is 17.8. The Balaban J connectivity index is 1.67. The van der Waals surface area contributed by atoms with Gasteiger partial charge in [0.1, 0.15) is 5.25 Å². The quantitative estimate of drug-likeness (QED) is 0.893. The Morgan fingerprint density at radius 2 is 1.96 bits per heavy atom. The van der Waals surface area contributed by atoms with Crippen LogP contribution in [0, 0.1) is 0 Å². The Morgan fingerprint density at radius 1 is 1.20 bits per heavy atom. The first-order valence-corrected chi connectivity index (χ1v) is 9.31. The van der Waals surface area contributed by atoms with Gasteiger partial charge in [-0.15, -0.1) is 0 Å². The van der Waals surface area contributed by atoms with Crippen LogP contribution < -0.4 is 5.32 Å². The summed E-state index contributed by atoms with van der Waals surface area (Å²) in [5, 5.41) is 5.42. The Hall–Kier alpha value is -2.34. The zero-order valence-electron chi connectivity index (χ0n) is 14.4. The van der Waals surface area contributed by atoms with E-state index < -0.39 is 5.25 Å². The van der Waals surface area contributed by atoms with E-state index in [1.54, 1.807) is 4.90 Å². The summed E-state index contributed by atoms with van der Waals surface area (Å²) < 4.78 is 0. The molecule has 1 heterocycles. The number of benzene rings is 2. The highest BCUT2D eigenvalue weighted by molar-refractivity contribution is 8.15. The lowest BCUT2D eigenvalue weighted by Gasteiger charge is -2.13. The summed E-state index contributed by atoms with van der Waals surface area (Å²) in [6, 6.07) is 13.8. The summed E-state index contributed by atoms with van der Waals surface area (Å²) in [7, 11) is 0. The highest BCUT2D eigenvalue weighted by atomic mass is 32.2. The average molecular weight is 355 g/mol. The number of fused-ring (bicyclic) bond motifs is 1. The van der Waals surface area contributed by atoms with Crippen molar-refractivity contribution in [2.45, 2.75) is 25.5 Å². The summed E-state index contributed by atoms with van der Waals surface area (Å²) in [6.07, 6.45) is 0.148. The van der Waals surface area contributed by atoms with Gasteiger partial charge in [0.25, 0.3) is 0 Å². The van der Waals surface area contributed by atoms with Crippen molar-refractivity contribution in [3.8, 4) is 0 Å². The number of carbonyl (C=O) groups excluding carboxylic acids is 2. The number of hydrogen-bond acceptors (Lipinski definition) is 4. The number of rotatable bonds is 5. The van der Waals surface area contributed by atoms with E-state index in [0.717, 1.165) is 21.6 Å². The molecule has 2 amide bonds. The van der Waals surface area contributed by atoms with Crippen LogP contribution in [0.4, 0.5) is 5.69 Å². The van der Waals surface area contributed by atoms with E-state index in [1.165, 1.54) is 11.8 Å². The monoisotopic (exact) mass is 355 g/mol. The van der Waals surface area contributed by atoms with Crippen LogP contribution in [-0.2, 0) is 9.59 Å². The van der Waals surface area contributed by atoms with Crippen LogP contribution in [-0.4, -0.2) is 40.2 Å². The molecular weight excluding hydrogens is 334 g/mol. The lowest BCUT2D eigenvalue weighted by atomic mass is 10.1. The van der Waals surface area contributed by atoms with Crippen molar-refractivity contribution in [3.05, 3.63) is 42.5 Å². The molecule has 3 rings (SSSR count). The van der Waals surface area contributed by atoms with Crippen LogP contribution in [0.5, 0.6) is 0 Å². The fourth-order valence-corrected chi connectivity index (χ4v) is 4.10. The van der Waals surface area contributed by atoms with Gasteiger partial charge in [-0.1, -0.05) is 42.1 Å². The van der Waals surface area contributed by atoms with E-state index in [4.69, 9.17) is 0 Å². The molecule has 0 aliphatic carbocycles. The van der Waals surface area contributed by atoms with E-state index in [0.29, 0.717) is 13.1 Å². The molecule has 6 heteroatoms. The van der Waals surface area contributed by atoms with Crippen LogP contribution in [0.1, 0.15) is 20.3 Å². The minimum Gasteiger partial charge on any atom is -0.326 e. The van der Waals surface area contributed by atoms with Crippen LogP contribution >= 0.6 is 11.8 Å². The molecule has 0 radical (unpaired) electrons. The number of thioether (sulfide) groups is 1. The first kappa shape index (κ1) is 17.5. The van der Waals surface area contributed by atoms with Gasteiger partial charge in [0.2, 0.25) is 11.8 Å². The lowest BCUT2D eigenvalue weighted by Crippen LogP contribution is -2.33. The topological polar surface area (TPSA) is 61.8 Å². The Kier molecular flexibility index (Phi) is 5.38. The number of nitrogens with one attached hydrogen (secondary N) is 1. The minimum atomic E-state index is -0.397. The first-order valence-electron chi connectivity index (χ1n) is 8.43. The average Bonchev–Trinajstić information content (AvgIpc) is 2.89. The third-order valence-electron chi connectivity index (χ3n) is 4.03. The highest BCUT2D eigenvalue weighted by Crippen LogP contribution is 2.29. The van der Waals surface area contributed by atoms with Crippen LogP contribution in [0.15, 0.2) is 47.5 Å². The summed E-state index contributed by atoms with van der Waals surface area (Å²) in [5.74, 6) is -0.191.